The minimum absolute atomic E-state index is 0.185. The van der Waals surface area contributed by atoms with E-state index in [0.29, 0.717) is 16.3 Å². The van der Waals surface area contributed by atoms with E-state index in [1.807, 2.05) is 0 Å². The zero-order valence-electron chi connectivity index (χ0n) is 10.4. The normalized spacial score (nSPS) is 12.2. The monoisotopic (exact) mass is 358 g/mol. The molecule has 3 nitrogen and oxygen atoms in total. The molecule has 0 aliphatic heterocycles. The molecule has 0 aliphatic rings. The highest BCUT2D eigenvalue weighted by Crippen LogP contribution is 2.23. The Morgan fingerprint density at radius 2 is 2.10 bits per heavy atom. The third-order valence-electron chi connectivity index (χ3n) is 2.75. The van der Waals surface area contributed by atoms with Crippen molar-refractivity contribution in [3.05, 3.63) is 63.3 Å². The minimum atomic E-state index is -0.466. The molecule has 2 aromatic carbocycles. The second-order valence-corrected chi connectivity index (χ2v) is 5.51. The molecular formula is C14H13BrClFN2O. The van der Waals surface area contributed by atoms with Gasteiger partial charge in [-0.05, 0) is 36.4 Å². The Hall–Kier alpha value is -1.14. The van der Waals surface area contributed by atoms with Gasteiger partial charge < -0.3 is 4.74 Å². The molecule has 0 heterocycles. The summed E-state index contributed by atoms with van der Waals surface area (Å²) < 4.78 is 20.2. The molecule has 1 unspecified atom stereocenters. The maximum Gasteiger partial charge on any atom is 0.128 e. The van der Waals surface area contributed by atoms with Gasteiger partial charge in [0.25, 0.3) is 0 Å². The summed E-state index contributed by atoms with van der Waals surface area (Å²) in [5.41, 5.74) is 2.99. The Balaban J connectivity index is 2.11. The first kappa shape index (κ1) is 15.3. The van der Waals surface area contributed by atoms with Crippen LogP contribution in [0.5, 0.6) is 5.75 Å². The Morgan fingerprint density at radius 3 is 2.80 bits per heavy atom. The fourth-order valence-corrected chi connectivity index (χ4v) is 2.30. The highest BCUT2D eigenvalue weighted by atomic mass is 79.9. The molecule has 20 heavy (non-hydrogen) atoms. The van der Waals surface area contributed by atoms with Crippen LogP contribution in [0.15, 0.2) is 46.9 Å². The van der Waals surface area contributed by atoms with Crippen LogP contribution in [0, 0.1) is 5.82 Å². The van der Waals surface area contributed by atoms with Crippen LogP contribution >= 0.6 is 27.5 Å². The Morgan fingerprint density at radius 1 is 1.30 bits per heavy atom. The van der Waals surface area contributed by atoms with E-state index in [9.17, 15) is 4.39 Å². The molecule has 0 saturated carbocycles. The average molecular weight is 360 g/mol. The Bertz CT molecular complexity index is 597. The average Bonchev–Trinajstić information content (AvgIpc) is 2.43. The molecular weight excluding hydrogens is 347 g/mol. The Kier molecular flexibility index (Phi) is 5.37. The topological polar surface area (TPSA) is 47.3 Å². The lowest BCUT2D eigenvalue weighted by Crippen LogP contribution is -2.33. The second kappa shape index (κ2) is 7.04. The maximum atomic E-state index is 13.8. The standard InChI is InChI=1S/C14H13BrClFN2O/c15-9-4-5-13(17)12(6-9)14(19-18)8-20-11-3-1-2-10(16)7-11/h1-7,14,19H,8,18H2. The summed E-state index contributed by atoms with van der Waals surface area (Å²) in [6.45, 7) is 0.185. The van der Waals surface area contributed by atoms with E-state index in [2.05, 4.69) is 21.4 Å². The molecule has 0 aliphatic carbocycles. The molecule has 0 spiro atoms. The number of hydrogen-bond donors (Lipinski definition) is 2. The molecule has 0 fully saturated rings. The molecule has 0 saturated heterocycles. The zero-order valence-corrected chi connectivity index (χ0v) is 12.8. The van der Waals surface area contributed by atoms with Crippen LogP contribution in [0.1, 0.15) is 11.6 Å². The number of nitrogens with two attached hydrogens (primary N) is 1. The molecule has 1 atom stereocenters. The van der Waals surface area contributed by atoms with Gasteiger partial charge in [0.05, 0.1) is 6.04 Å². The van der Waals surface area contributed by atoms with Crippen LogP contribution in [0.4, 0.5) is 4.39 Å². The first-order valence-corrected chi connectivity index (χ1v) is 7.06. The van der Waals surface area contributed by atoms with E-state index in [4.69, 9.17) is 22.2 Å². The van der Waals surface area contributed by atoms with Crippen molar-refractivity contribution in [2.75, 3.05) is 6.61 Å². The van der Waals surface area contributed by atoms with E-state index in [-0.39, 0.29) is 12.4 Å². The van der Waals surface area contributed by atoms with Gasteiger partial charge in [0.1, 0.15) is 18.2 Å². The summed E-state index contributed by atoms with van der Waals surface area (Å²) in [7, 11) is 0. The number of hydrazine groups is 1. The van der Waals surface area contributed by atoms with Crippen molar-refractivity contribution in [1.29, 1.82) is 0 Å². The molecule has 0 amide bonds. The van der Waals surface area contributed by atoms with E-state index >= 15 is 0 Å². The van der Waals surface area contributed by atoms with Gasteiger partial charge in [-0.3, -0.25) is 5.84 Å². The van der Waals surface area contributed by atoms with Crippen LogP contribution in [0.2, 0.25) is 5.02 Å². The van der Waals surface area contributed by atoms with Crippen LogP contribution in [-0.4, -0.2) is 6.61 Å². The molecule has 0 radical (unpaired) electrons. The summed E-state index contributed by atoms with van der Waals surface area (Å²) in [4.78, 5) is 0. The van der Waals surface area contributed by atoms with Crippen LogP contribution in [0.25, 0.3) is 0 Å². The van der Waals surface area contributed by atoms with Crippen LogP contribution < -0.4 is 16.0 Å². The van der Waals surface area contributed by atoms with Crippen LogP contribution in [0.3, 0.4) is 0 Å². The number of hydrogen-bond acceptors (Lipinski definition) is 3. The van der Waals surface area contributed by atoms with Crippen LogP contribution in [-0.2, 0) is 0 Å². The molecule has 0 aromatic heterocycles. The van der Waals surface area contributed by atoms with Gasteiger partial charge in [0, 0.05) is 15.1 Å². The molecule has 2 aromatic rings. The molecule has 3 N–H and O–H groups in total. The van der Waals surface area contributed by atoms with Gasteiger partial charge in [-0.1, -0.05) is 33.6 Å². The molecule has 6 heteroatoms. The van der Waals surface area contributed by atoms with Gasteiger partial charge in [0.15, 0.2) is 0 Å². The third-order valence-corrected chi connectivity index (χ3v) is 3.48. The van der Waals surface area contributed by atoms with Gasteiger partial charge in [-0.25, -0.2) is 9.82 Å². The lowest BCUT2D eigenvalue weighted by Gasteiger charge is -2.18. The first-order chi connectivity index (χ1) is 9.60. The Labute approximate surface area is 130 Å². The van der Waals surface area contributed by atoms with Crippen molar-refractivity contribution in [3.8, 4) is 5.75 Å². The van der Waals surface area contributed by atoms with Crippen molar-refractivity contribution in [1.82, 2.24) is 5.43 Å². The lowest BCUT2D eigenvalue weighted by atomic mass is 10.1. The van der Waals surface area contributed by atoms with Crippen molar-refractivity contribution in [3.63, 3.8) is 0 Å². The van der Waals surface area contributed by atoms with Crippen molar-refractivity contribution < 1.29 is 9.13 Å². The van der Waals surface area contributed by atoms with Gasteiger partial charge >= 0.3 is 0 Å². The minimum Gasteiger partial charge on any atom is -0.491 e. The van der Waals surface area contributed by atoms with Crippen molar-refractivity contribution in [2.24, 2.45) is 5.84 Å². The summed E-state index contributed by atoms with van der Waals surface area (Å²) in [6, 6.07) is 11.2. The van der Waals surface area contributed by atoms with E-state index in [0.717, 1.165) is 4.47 Å². The van der Waals surface area contributed by atoms with E-state index < -0.39 is 6.04 Å². The third kappa shape index (κ3) is 3.93. The zero-order chi connectivity index (χ0) is 14.5. The van der Waals surface area contributed by atoms with Gasteiger partial charge in [0.2, 0.25) is 0 Å². The van der Waals surface area contributed by atoms with E-state index in [1.54, 1.807) is 36.4 Å². The SMILES string of the molecule is NNC(COc1cccc(Cl)c1)c1cc(Br)ccc1F. The maximum absolute atomic E-state index is 13.8. The lowest BCUT2D eigenvalue weighted by molar-refractivity contribution is 0.264. The summed E-state index contributed by atoms with van der Waals surface area (Å²) in [6.07, 6.45) is 0. The van der Waals surface area contributed by atoms with Gasteiger partial charge in [-0.2, -0.15) is 0 Å². The summed E-state index contributed by atoms with van der Waals surface area (Å²) in [5.74, 6) is 5.74. The highest BCUT2D eigenvalue weighted by Gasteiger charge is 2.15. The largest absolute Gasteiger partial charge is 0.491 e. The first-order valence-electron chi connectivity index (χ1n) is 5.89. The molecule has 106 valence electrons. The second-order valence-electron chi connectivity index (χ2n) is 4.15. The smallest absolute Gasteiger partial charge is 0.128 e. The summed E-state index contributed by atoms with van der Waals surface area (Å²) in [5, 5.41) is 0.577. The number of ether oxygens (including phenoxy) is 1. The van der Waals surface area contributed by atoms with E-state index in [1.165, 1.54) is 6.07 Å². The number of rotatable bonds is 5. The number of benzene rings is 2. The van der Waals surface area contributed by atoms with Gasteiger partial charge in [-0.15, -0.1) is 0 Å². The quantitative estimate of drug-likeness (QED) is 0.630. The number of halogens is 3. The fraction of sp³-hybridized carbons (Fsp3) is 0.143. The van der Waals surface area contributed by atoms with Crippen molar-refractivity contribution in [2.45, 2.75) is 6.04 Å². The summed E-state index contributed by atoms with van der Waals surface area (Å²) >= 11 is 9.18. The highest BCUT2D eigenvalue weighted by molar-refractivity contribution is 9.10. The predicted octanol–water partition coefficient (Wildman–Crippen LogP) is 3.83. The van der Waals surface area contributed by atoms with Crippen molar-refractivity contribution >= 4 is 27.5 Å². The molecule has 0 bridgehead atoms. The number of nitrogens with one attached hydrogen (secondary N) is 1. The fourth-order valence-electron chi connectivity index (χ4n) is 1.75. The molecule has 2 rings (SSSR count). The predicted molar refractivity (Wildman–Crippen MR) is 81.1 cm³/mol.